The van der Waals surface area contributed by atoms with Gasteiger partial charge in [-0.1, -0.05) is 13.8 Å². The van der Waals surface area contributed by atoms with E-state index in [1.807, 2.05) is 0 Å². The van der Waals surface area contributed by atoms with Crippen molar-refractivity contribution in [2.24, 2.45) is 11.8 Å². The van der Waals surface area contributed by atoms with Gasteiger partial charge in [-0.2, -0.15) is 0 Å². The number of hydrogen-bond donors (Lipinski definition) is 0. The van der Waals surface area contributed by atoms with Crippen LogP contribution in [-0.2, 0) is 9.53 Å². The van der Waals surface area contributed by atoms with E-state index in [0.29, 0.717) is 18.6 Å². The lowest BCUT2D eigenvalue weighted by atomic mass is 9.78. The monoisotopic (exact) mass is 241 g/mol. The van der Waals surface area contributed by atoms with Crippen LogP contribution >= 0.6 is 0 Å². The Morgan fingerprint density at radius 3 is 2.41 bits per heavy atom. The fraction of sp³-hybridized carbons (Fsp3) is 0.929. The molecular formula is C14H27NO2. The molecule has 1 rings (SSSR count). The quantitative estimate of drug-likeness (QED) is 0.709. The summed E-state index contributed by atoms with van der Waals surface area (Å²) in [5.74, 6) is 1.45. The molecule has 0 aromatic carbocycles. The molecular weight excluding hydrogens is 214 g/mol. The highest BCUT2D eigenvalue weighted by atomic mass is 16.5. The highest BCUT2D eigenvalue weighted by Gasteiger charge is 2.30. The van der Waals surface area contributed by atoms with Crippen molar-refractivity contribution in [3.8, 4) is 0 Å². The molecule has 0 heterocycles. The van der Waals surface area contributed by atoms with Gasteiger partial charge in [0.1, 0.15) is 0 Å². The van der Waals surface area contributed by atoms with Gasteiger partial charge >= 0.3 is 5.97 Å². The number of ether oxygens (including phenoxy) is 1. The van der Waals surface area contributed by atoms with Crippen LogP contribution < -0.4 is 0 Å². The van der Waals surface area contributed by atoms with E-state index in [1.54, 1.807) is 0 Å². The van der Waals surface area contributed by atoms with Crippen molar-refractivity contribution >= 4 is 5.97 Å². The Morgan fingerprint density at radius 2 is 1.94 bits per heavy atom. The summed E-state index contributed by atoms with van der Waals surface area (Å²) < 4.78 is 4.79. The lowest BCUT2D eigenvalue weighted by Crippen LogP contribution is -2.46. The average molecular weight is 241 g/mol. The average Bonchev–Trinajstić information content (AvgIpc) is 2.29. The molecule has 17 heavy (non-hydrogen) atoms. The van der Waals surface area contributed by atoms with E-state index in [1.165, 1.54) is 26.4 Å². The highest BCUT2D eigenvalue weighted by molar-refractivity contribution is 5.71. The van der Waals surface area contributed by atoms with Crippen molar-refractivity contribution < 1.29 is 9.53 Å². The zero-order valence-electron chi connectivity index (χ0n) is 11.9. The lowest BCUT2D eigenvalue weighted by Gasteiger charge is -2.40. The van der Waals surface area contributed by atoms with Crippen molar-refractivity contribution in [3.05, 3.63) is 0 Å². The van der Waals surface area contributed by atoms with Crippen LogP contribution in [0.1, 0.15) is 47.0 Å². The van der Waals surface area contributed by atoms with E-state index >= 15 is 0 Å². The first-order valence-corrected chi connectivity index (χ1v) is 6.78. The number of esters is 1. The van der Waals surface area contributed by atoms with Gasteiger partial charge in [0.15, 0.2) is 0 Å². The van der Waals surface area contributed by atoms with Crippen molar-refractivity contribution in [1.82, 2.24) is 4.90 Å². The normalized spacial score (nSPS) is 29.7. The number of nitrogens with zero attached hydrogens (tertiary/aromatic N) is 1. The van der Waals surface area contributed by atoms with E-state index in [0.717, 1.165) is 11.8 Å². The smallest absolute Gasteiger partial charge is 0.319 e. The van der Waals surface area contributed by atoms with Gasteiger partial charge in [0.05, 0.1) is 13.7 Å². The van der Waals surface area contributed by atoms with E-state index in [-0.39, 0.29) is 5.97 Å². The first-order chi connectivity index (χ1) is 7.95. The number of methoxy groups -OCH3 is 1. The standard InChI is InChI=1S/C14H27NO2/c1-10(2)15(9-14(16)17-5)13-7-6-11(3)12(4)8-13/h10-13H,6-9H2,1-5H3. The van der Waals surface area contributed by atoms with Crippen LogP contribution in [0.3, 0.4) is 0 Å². The maximum atomic E-state index is 11.5. The van der Waals surface area contributed by atoms with Crippen LogP contribution in [-0.4, -0.2) is 36.6 Å². The van der Waals surface area contributed by atoms with Crippen LogP contribution in [0.2, 0.25) is 0 Å². The lowest BCUT2D eigenvalue weighted by molar-refractivity contribution is -0.143. The van der Waals surface area contributed by atoms with Crippen molar-refractivity contribution in [3.63, 3.8) is 0 Å². The maximum absolute atomic E-state index is 11.5. The Bertz CT molecular complexity index is 253. The molecule has 1 aliphatic carbocycles. The number of hydrogen-bond acceptors (Lipinski definition) is 3. The molecule has 1 fully saturated rings. The fourth-order valence-electron chi connectivity index (χ4n) is 2.77. The van der Waals surface area contributed by atoms with Gasteiger partial charge in [-0.05, 0) is 44.9 Å². The topological polar surface area (TPSA) is 29.5 Å². The Hall–Kier alpha value is -0.570. The largest absolute Gasteiger partial charge is 0.468 e. The van der Waals surface area contributed by atoms with Gasteiger partial charge in [0.2, 0.25) is 0 Å². The molecule has 0 saturated heterocycles. The number of carbonyl (C=O) groups excluding carboxylic acids is 1. The van der Waals surface area contributed by atoms with Gasteiger partial charge in [0, 0.05) is 12.1 Å². The van der Waals surface area contributed by atoms with Crippen molar-refractivity contribution in [1.29, 1.82) is 0 Å². The molecule has 1 aliphatic rings. The first-order valence-electron chi connectivity index (χ1n) is 6.78. The minimum Gasteiger partial charge on any atom is -0.468 e. The third-order valence-corrected chi connectivity index (χ3v) is 4.24. The van der Waals surface area contributed by atoms with Gasteiger partial charge < -0.3 is 4.74 Å². The minimum atomic E-state index is -0.120. The molecule has 0 N–H and O–H groups in total. The van der Waals surface area contributed by atoms with E-state index in [9.17, 15) is 4.79 Å². The Kier molecular flexibility index (Phi) is 5.44. The molecule has 0 amide bonds. The van der Waals surface area contributed by atoms with Crippen LogP contribution in [0.15, 0.2) is 0 Å². The van der Waals surface area contributed by atoms with Gasteiger partial charge in [-0.15, -0.1) is 0 Å². The summed E-state index contributed by atoms with van der Waals surface area (Å²) in [5.41, 5.74) is 0. The summed E-state index contributed by atoms with van der Waals surface area (Å²) in [7, 11) is 1.46. The van der Waals surface area contributed by atoms with Crippen LogP contribution in [0.5, 0.6) is 0 Å². The van der Waals surface area contributed by atoms with Crippen molar-refractivity contribution in [2.45, 2.75) is 59.0 Å². The summed E-state index contributed by atoms with van der Waals surface area (Å²) >= 11 is 0. The summed E-state index contributed by atoms with van der Waals surface area (Å²) in [4.78, 5) is 13.8. The summed E-state index contributed by atoms with van der Waals surface area (Å²) in [6.45, 7) is 9.41. The predicted molar refractivity (Wildman–Crippen MR) is 69.8 cm³/mol. The third-order valence-electron chi connectivity index (χ3n) is 4.24. The summed E-state index contributed by atoms with van der Waals surface area (Å²) in [6, 6.07) is 0.944. The molecule has 0 radical (unpaired) electrons. The van der Waals surface area contributed by atoms with E-state index in [4.69, 9.17) is 4.74 Å². The highest BCUT2D eigenvalue weighted by Crippen LogP contribution is 2.32. The molecule has 0 aliphatic heterocycles. The molecule has 0 aromatic heterocycles. The van der Waals surface area contributed by atoms with E-state index < -0.39 is 0 Å². The number of rotatable bonds is 4. The Morgan fingerprint density at radius 1 is 1.29 bits per heavy atom. The molecule has 1 saturated carbocycles. The van der Waals surface area contributed by atoms with Crippen molar-refractivity contribution in [2.75, 3.05) is 13.7 Å². The molecule has 0 spiro atoms. The molecule has 0 aromatic rings. The third kappa shape index (κ3) is 3.98. The molecule has 3 nitrogen and oxygen atoms in total. The van der Waals surface area contributed by atoms with Gasteiger partial charge in [0.25, 0.3) is 0 Å². The molecule has 3 heteroatoms. The second-order valence-electron chi connectivity index (χ2n) is 5.76. The number of carbonyl (C=O) groups is 1. The molecule has 100 valence electrons. The zero-order valence-corrected chi connectivity index (χ0v) is 11.9. The predicted octanol–water partition coefficient (Wildman–Crippen LogP) is 2.69. The Balaban J connectivity index is 2.61. The van der Waals surface area contributed by atoms with Crippen LogP contribution in [0, 0.1) is 11.8 Å². The van der Waals surface area contributed by atoms with Crippen LogP contribution in [0.25, 0.3) is 0 Å². The Labute approximate surface area is 106 Å². The van der Waals surface area contributed by atoms with Crippen LogP contribution in [0.4, 0.5) is 0 Å². The summed E-state index contributed by atoms with van der Waals surface area (Å²) in [5, 5.41) is 0. The first kappa shape index (κ1) is 14.5. The molecule has 3 unspecified atom stereocenters. The SMILES string of the molecule is COC(=O)CN(C(C)C)C1CCC(C)C(C)C1. The fourth-order valence-corrected chi connectivity index (χ4v) is 2.77. The molecule has 3 atom stereocenters. The molecule has 0 bridgehead atoms. The summed E-state index contributed by atoms with van der Waals surface area (Å²) in [6.07, 6.45) is 3.69. The van der Waals surface area contributed by atoms with Gasteiger partial charge in [-0.3, -0.25) is 9.69 Å². The second-order valence-corrected chi connectivity index (χ2v) is 5.76. The maximum Gasteiger partial charge on any atom is 0.319 e. The zero-order chi connectivity index (χ0) is 13.0. The van der Waals surface area contributed by atoms with Gasteiger partial charge in [-0.25, -0.2) is 0 Å². The second kappa shape index (κ2) is 6.39. The van der Waals surface area contributed by atoms with E-state index in [2.05, 4.69) is 32.6 Å². The minimum absolute atomic E-state index is 0.120.